The minimum absolute atomic E-state index is 0.00765. The van der Waals surface area contributed by atoms with E-state index in [1.165, 1.54) is 0 Å². The molecule has 0 aromatic heterocycles. The van der Waals surface area contributed by atoms with E-state index in [0.29, 0.717) is 17.7 Å². The molecule has 0 saturated heterocycles. The number of alkyl halides is 1. The fourth-order valence-corrected chi connectivity index (χ4v) is 3.58. The third kappa shape index (κ3) is 5.52. The van der Waals surface area contributed by atoms with E-state index in [0.717, 1.165) is 5.56 Å². The number of hydrogen-bond acceptors (Lipinski definition) is 3. The Labute approximate surface area is 129 Å². The fourth-order valence-electron chi connectivity index (χ4n) is 2.04. The molecule has 0 aliphatic carbocycles. The topological polar surface area (TPSA) is 66.4 Å². The lowest BCUT2D eigenvalue weighted by Gasteiger charge is -2.25. The first kappa shape index (κ1) is 17.6. The van der Waals surface area contributed by atoms with Gasteiger partial charge in [0, 0.05) is 11.9 Å². The molecule has 1 atom stereocenters. The van der Waals surface area contributed by atoms with Crippen LogP contribution in [0.1, 0.15) is 32.8 Å². The highest BCUT2D eigenvalue weighted by molar-refractivity contribution is 9.08. The van der Waals surface area contributed by atoms with Gasteiger partial charge in [0.15, 0.2) is 0 Å². The Morgan fingerprint density at radius 3 is 2.30 bits per heavy atom. The third-order valence-corrected chi connectivity index (χ3v) is 4.94. The molecule has 0 bridgehead atoms. The highest BCUT2D eigenvalue weighted by atomic mass is 79.9. The van der Waals surface area contributed by atoms with E-state index in [1.54, 1.807) is 31.2 Å². The van der Waals surface area contributed by atoms with Gasteiger partial charge in [-0.2, -0.15) is 0 Å². The third-order valence-electron chi connectivity index (χ3n) is 2.88. The SMILES string of the molecule is CC(C)CC(C)(O)CNS(=O)(=O)c1ccc(CBr)cc1. The average molecular weight is 364 g/mol. The zero-order valence-corrected chi connectivity index (χ0v) is 14.5. The molecule has 1 aromatic carbocycles. The molecule has 6 heteroatoms. The van der Waals surface area contributed by atoms with Crippen molar-refractivity contribution < 1.29 is 13.5 Å². The van der Waals surface area contributed by atoms with Crippen molar-refractivity contribution in [1.29, 1.82) is 0 Å². The van der Waals surface area contributed by atoms with Crippen LogP contribution in [0.4, 0.5) is 0 Å². The molecule has 4 nitrogen and oxygen atoms in total. The summed E-state index contributed by atoms with van der Waals surface area (Å²) in [5, 5.41) is 10.8. The van der Waals surface area contributed by atoms with Gasteiger partial charge in [-0.1, -0.05) is 41.9 Å². The van der Waals surface area contributed by atoms with E-state index in [1.807, 2.05) is 13.8 Å². The van der Waals surface area contributed by atoms with Gasteiger partial charge in [0.1, 0.15) is 0 Å². The molecule has 1 rings (SSSR count). The molecule has 1 unspecified atom stereocenters. The van der Waals surface area contributed by atoms with Gasteiger partial charge >= 0.3 is 0 Å². The standard InChI is InChI=1S/C14H22BrNO3S/c1-11(2)8-14(3,17)10-16-20(18,19)13-6-4-12(9-15)5-7-13/h4-7,11,16-17H,8-10H2,1-3H3. The van der Waals surface area contributed by atoms with Crippen molar-refractivity contribution in [2.24, 2.45) is 5.92 Å². The molecule has 1 aromatic rings. The normalized spacial score (nSPS) is 15.3. The predicted molar refractivity (Wildman–Crippen MR) is 84.3 cm³/mol. The predicted octanol–water partition coefficient (Wildman–Crippen LogP) is 2.66. The maximum Gasteiger partial charge on any atom is 0.240 e. The molecular weight excluding hydrogens is 342 g/mol. The molecule has 0 radical (unpaired) electrons. The minimum Gasteiger partial charge on any atom is -0.389 e. The molecule has 20 heavy (non-hydrogen) atoms. The van der Waals surface area contributed by atoms with Crippen molar-refractivity contribution in [3.05, 3.63) is 29.8 Å². The van der Waals surface area contributed by atoms with E-state index in [4.69, 9.17) is 0 Å². The number of hydrogen-bond donors (Lipinski definition) is 2. The number of rotatable bonds is 7. The summed E-state index contributed by atoms with van der Waals surface area (Å²) in [5.41, 5.74) is -0.0346. The van der Waals surface area contributed by atoms with Crippen LogP contribution in [0.5, 0.6) is 0 Å². The van der Waals surface area contributed by atoms with Crippen LogP contribution < -0.4 is 4.72 Å². The van der Waals surface area contributed by atoms with Crippen LogP contribution in [0.25, 0.3) is 0 Å². The van der Waals surface area contributed by atoms with Gasteiger partial charge in [-0.05, 0) is 37.0 Å². The van der Waals surface area contributed by atoms with Crippen LogP contribution in [0.3, 0.4) is 0 Å². The minimum atomic E-state index is -3.58. The fraction of sp³-hybridized carbons (Fsp3) is 0.571. The van der Waals surface area contributed by atoms with E-state index < -0.39 is 15.6 Å². The van der Waals surface area contributed by atoms with Crippen LogP contribution in [0.2, 0.25) is 0 Å². The number of halogens is 1. The summed E-state index contributed by atoms with van der Waals surface area (Å²) in [6, 6.07) is 6.65. The smallest absolute Gasteiger partial charge is 0.240 e. The van der Waals surface area contributed by atoms with E-state index >= 15 is 0 Å². The first-order chi connectivity index (χ1) is 9.16. The summed E-state index contributed by atoms with van der Waals surface area (Å²) in [4.78, 5) is 0.211. The average Bonchev–Trinajstić information content (AvgIpc) is 2.35. The van der Waals surface area contributed by atoms with Gasteiger partial charge in [0.05, 0.1) is 10.5 Å². The quantitative estimate of drug-likeness (QED) is 0.731. The molecular formula is C14H22BrNO3S. The summed E-state index contributed by atoms with van der Waals surface area (Å²) >= 11 is 3.31. The van der Waals surface area contributed by atoms with E-state index in [9.17, 15) is 13.5 Å². The molecule has 0 aliphatic rings. The van der Waals surface area contributed by atoms with Crippen molar-refractivity contribution >= 4 is 26.0 Å². The highest BCUT2D eigenvalue weighted by Crippen LogP contribution is 2.17. The summed E-state index contributed by atoms with van der Waals surface area (Å²) in [5.74, 6) is 0.299. The first-order valence-electron chi connectivity index (χ1n) is 6.53. The van der Waals surface area contributed by atoms with Crippen LogP contribution in [-0.2, 0) is 15.4 Å². The summed E-state index contributed by atoms with van der Waals surface area (Å²) in [7, 11) is -3.58. The second kappa shape index (κ2) is 7.02. The molecule has 0 fully saturated rings. The van der Waals surface area contributed by atoms with E-state index in [-0.39, 0.29) is 11.4 Å². The number of nitrogens with one attached hydrogen (secondary N) is 1. The Kier molecular flexibility index (Phi) is 6.19. The first-order valence-corrected chi connectivity index (χ1v) is 9.14. The van der Waals surface area contributed by atoms with Crippen LogP contribution in [0.15, 0.2) is 29.2 Å². The van der Waals surface area contributed by atoms with Gasteiger partial charge in [0.2, 0.25) is 10.0 Å². The Morgan fingerprint density at radius 2 is 1.85 bits per heavy atom. The lowest BCUT2D eigenvalue weighted by atomic mass is 9.95. The van der Waals surface area contributed by atoms with Crippen molar-refractivity contribution in [1.82, 2.24) is 4.72 Å². The van der Waals surface area contributed by atoms with Crippen molar-refractivity contribution in [3.63, 3.8) is 0 Å². The molecule has 0 amide bonds. The van der Waals surface area contributed by atoms with Crippen LogP contribution in [0, 0.1) is 5.92 Å². The van der Waals surface area contributed by atoms with Gasteiger partial charge in [-0.15, -0.1) is 0 Å². The van der Waals surface area contributed by atoms with Gasteiger partial charge in [-0.3, -0.25) is 0 Å². The van der Waals surface area contributed by atoms with E-state index in [2.05, 4.69) is 20.7 Å². The lowest BCUT2D eigenvalue weighted by Crippen LogP contribution is -2.41. The maximum absolute atomic E-state index is 12.1. The van der Waals surface area contributed by atoms with Crippen LogP contribution >= 0.6 is 15.9 Å². The Morgan fingerprint density at radius 1 is 1.30 bits per heavy atom. The molecule has 0 heterocycles. The molecule has 114 valence electrons. The van der Waals surface area contributed by atoms with Gasteiger partial charge in [-0.25, -0.2) is 13.1 Å². The summed E-state index contributed by atoms with van der Waals surface area (Å²) < 4.78 is 26.7. The Bertz CT molecular complexity index is 524. The highest BCUT2D eigenvalue weighted by Gasteiger charge is 2.25. The monoisotopic (exact) mass is 363 g/mol. The molecule has 2 N–H and O–H groups in total. The zero-order chi connectivity index (χ0) is 15.4. The van der Waals surface area contributed by atoms with Gasteiger partial charge < -0.3 is 5.11 Å². The number of sulfonamides is 1. The molecule has 0 saturated carbocycles. The van der Waals surface area contributed by atoms with Crippen LogP contribution in [-0.4, -0.2) is 25.7 Å². The summed E-state index contributed by atoms with van der Waals surface area (Å²) in [6.45, 7) is 5.63. The largest absolute Gasteiger partial charge is 0.389 e. The van der Waals surface area contributed by atoms with Crippen molar-refractivity contribution in [2.45, 2.75) is 43.0 Å². The van der Waals surface area contributed by atoms with Crippen molar-refractivity contribution in [2.75, 3.05) is 6.54 Å². The Balaban J connectivity index is 2.74. The second-order valence-electron chi connectivity index (χ2n) is 5.70. The molecule has 0 spiro atoms. The molecule has 0 aliphatic heterocycles. The van der Waals surface area contributed by atoms with Crippen molar-refractivity contribution in [3.8, 4) is 0 Å². The maximum atomic E-state index is 12.1. The summed E-state index contributed by atoms with van der Waals surface area (Å²) in [6.07, 6.45) is 0.540. The Hall–Kier alpha value is -0.430. The lowest BCUT2D eigenvalue weighted by molar-refractivity contribution is 0.0437. The van der Waals surface area contributed by atoms with Gasteiger partial charge in [0.25, 0.3) is 0 Å². The zero-order valence-electron chi connectivity index (χ0n) is 12.1. The second-order valence-corrected chi connectivity index (χ2v) is 8.02. The number of aliphatic hydroxyl groups is 1. The number of benzene rings is 1.